The van der Waals surface area contributed by atoms with Crippen LogP contribution in [-0.4, -0.2) is 58.2 Å². The van der Waals surface area contributed by atoms with Gasteiger partial charge in [0.25, 0.3) is 11.7 Å². The predicted octanol–water partition coefficient (Wildman–Crippen LogP) is 1.67. The highest BCUT2D eigenvalue weighted by molar-refractivity contribution is 5.90. The number of aromatic nitrogens is 3. The Kier molecular flexibility index (Phi) is 4.25. The lowest BCUT2D eigenvalue weighted by atomic mass is 10.3. The number of carbonyl (C=O) groups is 1. The summed E-state index contributed by atoms with van der Waals surface area (Å²) in [7, 11) is 0. The molecule has 0 aromatic carbocycles. The van der Waals surface area contributed by atoms with Crippen molar-refractivity contribution in [2.45, 2.75) is 32.3 Å². The molecule has 8 nitrogen and oxygen atoms in total. The van der Waals surface area contributed by atoms with Gasteiger partial charge in [0.15, 0.2) is 11.6 Å². The predicted molar refractivity (Wildman–Crippen MR) is 89.7 cm³/mol. The number of hydrogen-bond donors (Lipinski definition) is 0. The third-order valence-electron chi connectivity index (χ3n) is 4.60. The van der Waals surface area contributed by atoms with E-state index in [4.69, 9.17) is 9.26 Å². The van der Waals surface area contributed by atoms with Crippen LogP contribution in [0.25, 0.3) is 0 Å². The first-order chi connectivity index (χ1) is 12.2. The number of rotatable bonds is 4. The van der Waals surface area contributed by atoms with Crippen LogP contribution >= 0.6 is 0 Å². The van der Waals surface area contributed by atoms with Gasteiger partial charge >= 0.3 is 0 Å². The summed E-state index contributed by atoms with van der Waals surface area (Å²) in [5, 5.41) is 3.70. The fourth-order valence-corrected chi connectivity index (χ4v) is 3.36. The molecule has 0 bridgehead atoms. The number of nitrogens with zero attached hydrogens (tertiary/aromatic N) is 5. The highest BCUT2D eigenvalue weighted by Gasteiger charge is 2.31. The summed E-state index contributed by atoms with van der Waals surface area (Å²) in [6.45, 7) is 4.83. The van der Waals surface area contributed by atoms with Crippen LogP contribution in [0.5, 0.6) is 5.75 Å². The summed E-state index contributed by atoms with van der Waals surface area (Å²) in [6, 6.07) is 3.84. The van der Waals surface area contributed by atoms with E-state index in [9.17, 15) is 4.79 Å². The van der Waals surface area contributed by atoms with Gasteiger partial charge in [0.2, 0.25) is 5.89 Å². The Balaban J connectivity index is 1.42. The molecule has 0 radical (unpaired) electrons. The lowest BCUT2D eigenvalue weighted by molar-refractivity contribution is 0.0757. The van der Waals surface area contributed by atoms with E-state index in [2.05, 4.69) is 20.0 Å². The molecule has 2 aliphatic heterocycles. The van der Waals surface area contributed by atoms with E-state index in [1.807, 2.05) is 12.1 Å². The topological polar surface area (TPSA) is 84.6 Å². The molecule has 0 saturated carbocycles. The number of carbonyl (C=O) groups excluding carboxylic acids is 1. The van der Waals surface area contributed by atoms with Crippen molar-refractivity contribution in [3.8, 4) is 5.75 Å². The molecule has 1 amide bonds. The number of pyridine rings is 1. The molecule has 2 aromatic heterocycles. The summed E-state index contributed by atoms with van der Waals surface area (Å²) in [5.74, 6) is 1.98. The maximum atomic E-state index is 12.4. The number of hydrogen-bond acceptors (Lipinski definition) is 7. The van der Waals surface area contributed by atoms with Crippen LogP contribution in [0.4, 0.5) is 5.82 Å². The van der Waals surface area contributed by atoms with Crippen molar-refractivity contribution in [1.29, 1.82) is 0 Å². The first-order valence-corrected chi connectivity index (χ1v) is 8.67. The van der Waals surface area contributed by atoms with E-state index in [1.165, 1.54) is 12.8 Å². The van der Waals surface area contributed by atoms with Crippen molar-refractivity contribution < 1.29 is 14.1 Å². The van der Waals surface area contributed by atoms with Crippen LogP contribution in [0.15, 0.2) is 22.9 Å². The van der Waals surface area contributed by atoms with Crippen molar-refractivity contribution in [2.75, 3.05) is 31.1 Å². The van der Waals surface area contributed by atoms with Gasteiger partial charge < -0.3 is 19.1 Å². The largest absolute Gasteiger partial charge is 0.485 e. The SMILES string of the molecule is Cc1nc(C(=O)N2CCC(Oc3cccnc3N3CCCC3)C2)no1. The van der Waals surface area contributed by atoms with Gasteiger partial charge in [-0.25, -0.2) is 4.98 Å². The van der Waals surface area contributed by atoms with Crippen molar-refractivity contribution in [3.63, 3.8) is 0 Å². The van der Waals surface area contributed by atoms with Crippen molar-refractivity contribution >= 4 is 11.7 Å². The van der Waals surface area contributed by atoms with E-state index in [0.717, 1.165) is 31.1 Å². The Morgan fingerprint density at radius 3 is 2.92 bits per heavy atom. The van der Waals surface area contributed by atoms with Crippen LogP contribution in [0.3, 0.4) is 0 Å². The number of ether oxygens (including phenoxy) is 1. The molecular weight excluding hydrogens is 322 g/mol. The maximum Gasteiger partial charge on any atom is 0.295 e. The Labute approximate surface area is 145 Å². The molecule has 2 aliphatic rings. The molecule has 0 aliphatic carbocycles. The van der Waals surface area contributed by atoms with Crippen LogP contribution in [-0.2, 0) is 0 Å². The molecule has 1 atom stereocenters. The Bertz CT molecular complexity index is 756. The smallest absolute Gasteiger partial charge is 0.295 e. The average Bonchev–Trinajstić information content (AvgIpc) is 3.36. The van der Waals surface area contributed by atoms with Gasteiger partial charge in [-0.15, -0.1) is 0 Å². The highest BCUT2D eigenvalue weighted by atomic mass is 16.5. The summed E-state index contributed by atoms with van der Waals surface area (Å²) in [4.78, 5) is 24.9. The minimum atomic E-state index is -0.214. The van der Waals surface area contributed by atoms with Crippen LogP contribution in [0.1, 0.15) is 35.8 Å². The minimum Gasteiger partial charge on any atom is -0.485 e. The normalized spacial score (nSPS) is 20.3. The van der Waals surface area contributed by atoms with Gasteiger partial charge in [-0.3, -0.25) is 4.79 Å². The number of aryl methyl sites for hydroxylation is 1. The number of likely N-dealkylation sites (tertiary alicyclic amines) is 1. The Hall–Kier alpha value is -2.64. The van der Waals surface area contributed by atoms with E-state index in [-0.39, 0.29) is 17.8 Å². The Morgan fingerprint density at radius 1 is 1.32 bits per heavy atom. The first kappa shape index (κ1) is 15.9. The second-order valence-corrected chi connectivity index (χ2v) is 6.44. The van der Waals surface area contributed by atoms with E-state index < -0.39 is 0 Å². The zero-order valence-electron chi connectivity index (χ0n) is 14.2. The van der Waals surface area contributed by atoms with E-state index in [0.29, 0.717) is 19.0 Å². The van der Waals surface area contributed by atoms with Gasteiger partial charge in [-0.1, -0.05) is 5.16 Å². The van der Waals surface area contributed by atoms with Crippen LogP contribution in [0, 0.1) is 6.92 Å². The minimum absolute atomic E-state index is 0.0532. The lowest BCUT2D eigenvalue weighted by Gasteiger charge is -2.22. The average molecular weight is 343 g/mol. The molecule has 25 heavy (non-hydrogen) atoms. The van der Waals surface area contributed by atoms with Gasteiger partial charge in [-0.2, -0.15) is 4.98 Å². The number of amides is 1. The van der Waals surface area contributed by atoms with Gasteiger partial charge in [-0.05, 0) is 25.0 Å². The quantitative estimate of drug-likeness (QED) is 0.835. The molecule has 2 aromatic rings. The van der Waals surface area contributed by atoms with Crippen LogP contribution < -0.4 is 9.64 Å². The third kappa shape index (κ3) is 3.29. The van der Waals surface area contributed by atoms with Gasteiger partial charge in [0.05, 0.1) is 6.54 Å². The van der Waals surface area contributed by atoms with Crippen molar-refractivity contribution in [3.05, 3.63) is 30.0 Å². The monoisotopic (exact) mass is 343 g/mol. The summed E-state index contributed by atoms with van der Waals surface area (Å²) in [6.07, 6.45) is 4.89. The molecule has 2 saturated heterocycles. The fourth-order valence-electron chi connectivity index (χ4n) is 3.36. The molecule has 8 heteroatoms. The standard InChI is InChI=1S/C17H21N5O3/c1-12-19-15(20-25-12)17(23)22-10-6-13(11-22)24-14-5-4-7-18-16(14)21-8-2-3-9-21/h4-5,7,13H,2-3,6,8-11H2,1H3. The van der Waals surface area contributed by atoms with Crippen LogP contribution in [0.2, 0.25) is 0 Å². The summed E-state index contributed by atoms with van der Waals surface area (Å²) >= 11 is 0. The molecule has 4 rings (SSSR count). The molecule has 0 spiro atoms. The maximum absolute atomic E-state index is 12.4. The summed E-state index contributed by atoms with van der Waals surface area (Å²) < 4.78 is 11.1. The van der Waals surface area contributed by atoms with Crippen molar-refractivity contribution in [1.82, 2.24) is 20.0 Å². The highest BCUT2D eigenvalue weighted by Crippen LogP contribution is 2.30. The molecule has 132 valence electrons. The Morgan fingerprint density at radius 2 is 2.16 bits per heavy atom. The van der Waals surface area contributed by atoms with E-state index >= 15 is 0 Å². The van der Waals surface area contributed by atoms with E-state index in [1.54, 1.807) is 18.0 Å². The second kappa shape index (κ2) is 6.70. The second-order valence-electron chi connectivity index (χ2n) is 6.44. The molecule has 4 heterocycles. The third-order valence-corrected chi connectivity index (χ3v) is 4.60. The zero-order chi connectivity index (χ0) is 17.2. The molecule has 1 unspecified atom stereocenters. The van der Waals surface area contributed by atoms with Gasteiger partial charge in [0, 0.05) is 39.2 Å². The molecule has 0 N–H and O–H groups in total. The zero-order valence-corrected chi connectivity index (χ0v) is 14.2. The molecule has 2 fully saturated rings. The van der Waals surface area contributed by atoms with Crippen molar-refractivity contribution in [2.24, 2.45) is 0 Å². The summed E-state index contributed by atoms with van der Waals surface area (Å²) in [5.41, 5.74) is 0. The fraction of sp³-hybridized carbons (Fsp3) is 0.529. The van der Waals surface area contributed by atoms with Gasteiger partial charge in [0.1, 0.15) is 6.10 Å². The first-order valence-electron chi connectivity index (χ1n) is 8.67. The number of anilines is 1. The molecular formula is C17H21N5O3. The lowest BCUT2D eigenvalue weighted by Crippen LogP contribution is -2.32.